The summed E-state index contributed by atoms with van der Waals surface area (Å²) in [6, 6.07) is 7.53. The lowest BCUT2D eigenvalue weighted by molar-refractivity contribution is 0.104. The molecule has 4 heteroatoms. The molecule has 3 nitrogen and oxygen atoms in total. The number of nitrogens with one attached hydrogen (secondary N) is 1. The smallest absolute Gasteiger partial charge is 0.187 e. The Kier molecular flexibility index (Phi) is 5.76. The van der Waals surface area contributed by atoms with E-state index < -0.39 is 0 Å². The number of nitrogens with two attached hydrogens (primary N) is 1. The highest BCUT2D eigenvalue weighted by atomic mass is 79.9. The molecule has 1 aromatic carbocycles. The Balaban J connectivity index is 2.48. The lowest BCUT2D eigenvalue weighted by Gasteiger charge is -2.23. The van der Waals surface area contributed by atoms with Gasteiger partial charge in [-0.15, -0.1) is 0 Å². The molecule has 0 saturated heterocycles. The third-order valence-electron chi connectivity index (χ3n) is 2.58. The number of allylic oxidation sites excluding steroid dienone is 1. The molecule has 1 rings (SSSR count). The molecule has 0 aliphatic rings. The highest BCUT2D eigenvalue weighted by Crippen LogP contribution is 2.11. The van der Waals surface area contributed by atoms with Gasteiger partial charge in [0.25, 0.3) is 0 Å². The third kappa shape index (κ3) is 6.55. The van der Waals surface area contributed by atoms with E-state index in [9.17, 15) is 4.79 Å². The van der Waals surface area contributed by atoms with Crippen molar-refractivity contribution in [1.82, 2.24) is 5.32 Å². The predicted molar refractivity (Wildman–Crippen MR) is 83.1 cm³/mol. The van der Waals surface area contributed by atoms with Gasteiger partial charge in [0.2, 0.25) is 0 Å². The Morgan fingerprint density at radius 1 is 1.42 bits per heavy atom. The summed E-state index contributed by atoms with van der Waals surface area (Å²) in [7, 11) is 0. The molecule has 19 heavy (non-hydrogen) atoms. The van der Waals surface area contributed by atoms with Gasteiger partial charge in [-0.05, 0) is 51.5 Å². The minimum atomic E-state index is -0.212. The SMILES string of the molecule is CC(CC(C)(C)N)N/C=C\C(=O)c1ccc(Br)cc1. The van der Waals surface area contributed by atoms with Gasteiger partial charge in [-0.1, -0.05) is 15.9 Å². The second kappa shape index (κ2) is 6.87. The molecule has 1 atom stereocenters. The van der Waals surface area contributed by atoms with E-state index in [-0.39, 0.29) is 17.4 Å². The Hall–Kier alpha value is -1.13. The first-order valence-electron chi connectivity index (χ1n) is 6.29. The average Bonchev–Trinajstić information content (AvgIpc) is 2.27. The lowest BCUT2D eigenvalue weighted by Crippen LogP contribution is -2.39. The van der Waals surface area contributed by atoms with E-state index >= 15 is 0 Å². The second-order valence-corrected chi connectivity index (χ2v) is 6.38. The standard InChI is InChI=1S/C15H21BrN2O/c1-11(10-15(2,3)17)18-9-8-14(19)12-4-6-13(16)7-5-12/h4-9,11,18H,10,17H2,1-3H3/b9-8-. The number of hydrogen-bond donors (Lipinski definition) is 2. The molecule has 0 amide bonds. The van der Waals surface area contributed by atoms with Crippen molar-refractivity contribution < 1.29 is 4.79 Å². The predicted octanol–water partition coefficient (Wildman–Crippen LogP) is 3.25. The van der Waals surface area contributed by atoms with E-state index in [0.29, 0.717) is 5.56 Å². The van der Waals surface area contributed by atoms with Crippen LogP contribution < -0.4 is 11.1 Å². The molecule has 104 valence electrons. The first-order chi connectivity index (χ1) is 8.78. The van der Waals surface area contributed by atoms with Gasteiger partial charge in [0, 0.05) is 33.9 Å². The summed E-state index contributed by atoms with van der Waals surface area (Å²) in [5, 5.41) is 3.16. The van der Waals surface area contributed by atoms with Crippen LogP contribution in [0.1, 0.15) is 37.6 Å². The largest absolute Gasteiger partial charge is 0.388 e. The molecule has 0 aliphatic heterocycles. The fraction of sp³-hybridized carbons (Fsp3) is 0.400. The highest BCUT2D eigenvalue weighted by Gasteiger charge is 2.14. The molecule has 1 aromatic rings. The van der Waals surface area contributed by atoms with Gasteiger partial charge < -0.3 is 11.1 Å². The summed E-state index contributed by atoms with van der Waals surface area (Å²) in [6.45, 7) is 6.02. The number of carbonyl (C=O) groups excluding carboxylic acids is 1. The maximum absolute atomic E-state index is 11.9. The zero-order valence-electron chi connectivity index (χ0n) is 11.6. The molecule has 0 aromatic heterocycles. The molecule has 0 fully saturated rings. The van der Waals surface area contributed by atoms with Crippen molar-refractivity contribution in [2.75, 3.05) is 0 Å². The number of halogens is 1. The Morgan fingerprint density at radius 3 is 2.53 bits per heavy atom. The molecule has 0 bridgehead atoms. The normalized spacial score (nSPS) is 13.5. The lowest BCUT2D eigenvalue weighted by atomic mass is 9.98. The van der Waals surface area contributed by atoms with Gasteiger partial charge >= 0.3 is 0 Å². The van der Waals surface area contributed by atoms with Gasteiger partial charge in [-0.2, -0.15) is 0 Å². The molecular weight excluding hydrogens is 304 g/mol. The van der Waals surface area contributed by atoms with Crippen molar-refractivity contribution in [2.45, 2.75) is 38.8 Å². The van der Waals surface area contributed by atoms with E-state index in [1.54, 1.807) is 24.4 Å². The van der Waals surface area contributed by atoms with Crippen LogP contribution in [-0.2, 0) is 0 Å². The molecule has 0 radical (unpaired) electrons. The summed E-state index contributed by atoms with van der Waals surface area (Å²) in [4.78, 5) is 11.9. The monoisotopic (exact) mass is 324 g/mol. The average molecular weight is 325 g/mol. The molecule has 0 heterocycles. The van der Waals surface area contributed by atoms with Crippen molar-refractivity contribution in [3.63, 3.8) is 0 Å². The van der Waals surface area contributed by atoms with E-state index in [1.165, 1.54) is 0 Å². The van der Waals surface area contributed by atoms with Crippen LogP contribution in [0, 0.1) is 0 Å². The second-order valence-electron chi connectivity index (χ2n) is 5.46. The van der Waals surface area contributed by atoms with E-state index in [4.69, 9.17) is 5.73 Å². The Labute approximate surface area is 123 Å². The molecule has 0 saturated carbocycles. The number of hydrogen-bond acceptors (Lipinski definition) is 3. The number of benzene rings is 1. The van der Waals surface area contributed by atoms with Crippen LogP contribution in [0.4, 0.5) is 0 Å². The van der Waals surface area contributed by atoms with Crippen LogP contribution in [0.25, 0.3) is 0 Å². The van der Waals surface area contributed by atoms with Crippen LogP contribution >= 0.6 is 15.9 Å². The Morgan fingerprint density at radius 2 is 2.00 bits per heavy atom. The number of carbonyl (C=O) groups is 1. The molecular formula is C15H21BrN2O. The summed E-state index contributed by atoms with van der Waals surface area (Å²) < 4.78 is 0.963. The van der Waals surface area contributed by atoms with Crippen molar-refractivity contribution in [3.05, 3.63) is 46.6 Å². The molecule has 3 N–H and O–H groups in total. The zero-order chi connectivity index (χ0) is 14.5. The zero-order valence-corrected chi connectivity index (χ0v) is 13.2. The fourth-order valence-electron chi connectivity index (χ4n) is 1.85. The molecule has 0 spiro atoms. The van der Waals surface area contributed by atoms with E-state index in [0.717, 1.165) is 10.9 Å². The van der Waals surface area contributed by atoms with Crippen LogP contribution in [-0.4, -0.2) is 17.4 Å². The van der Waals surface area contributed by atoms with Gasteiger partial charge in [-0.25, -0.2) is 0 Å². The summed E-state index contributed by atoms with van der Waals surface area (Å²) in [5.74, 6) is -0.0146. The van der Waals surface area contributed by atoms with Crippen molar-refractivity contribution >= 4 is 21.7 Å². The Bertz CT molecular complexity index is 446. The van der Waals surface area contributed by atoms with Crippen molar-refractivity contribution in [1.29, 1.82) is 0 Å². The van der Waals surface area contributed by atoms with Crippen LogP contribution in [0.2, 0.25) is 0 Å². The van der Waals surface area contributed by atoms with Crippen molar-refractivity contribution in [2.24, 2.45) is 5.73 Å². The number of ketones is 1. The van der Waals surface area contributed by atoms with E-state index in [1.807, 2.05) is 32.9 Å². The van der Waals surface area contributed by atoms with Crippen LogP contribution in [0.5, 0.6) is 0 Å². The summed E-state index contributed by atoms with van der Waals surface area (Å²) in [5.41, 5.74) is 6.40. The number of rotatable bonds is 6. The first kappa shape index (κ1) is 15.9. The minimum Gasteiger partial charge on any atom is -0.388 e. The van der Waals surface area contributed by atoms with Gasteiger partial charge in [0.05, 0.1) is 0 Å². The first-order valence-corrected chi connectivity index (χ1v) is 7.08. The van der Waals surface area contributed by atoms with Crippen molar-refractivity contribution in [3.8, 4) is 0 Å². The van der Waals surface area contributed by atoms with Gasteiger partial charge in [0.1, 0.15) is 0 Å². The quantitative estimate of drug-likeness (QED) is 0.623. The topological polar surface area (TPSA) is 55.1 Å². The van der Waals surface area contributed by atoms with Crippen LogP contribution in [0.3, 0.4) is 0 Å². The van der Waals surface area contributed by atoms with E-state index in [2.05, 4.69) is 21.2 Å². The van der Waals surface area contributed by atoms with Crippen LogP contribution in [0.15, 0.2) is 41.0 Å². The molecule has 0 aliphatic carbocycles. The fourth-order valence-corrected chi connectivity index (χ4v) is 2.11. The maximum atomic E-state index is 11.9. The highest BCUT2D eigenvalue weighted by molar-refractivity contribution is 9.10. The maximum Gasteiger partial charge on any atom is 0.187 e. The minimum absolute atomic E-state index is 0.0146. The third-order valence-corrected chi connectivity index (χ3v) is 3.11. The summed E-state index contributed by atoms with van der Waals surface area (Å²) in [6.07, 6.45) is 4.08. The summed E-state index contributed by atoms with van der Waals surface area (Å²) >= 11 is 3.34. The molecule has 1 unspecified atom stereocenters. The van der Waals surface area contributed by atoms with Gasteiger partial charge in [0.15, 0.2) is 5.78 Å². The van der Waals surface area contributed by atoms with Gasteiger partial charge in [-0.3, -0.25) is 4.79 Å².